The first-order valence-electron chi connectivity index (χ1n) is 7.41. The minimum Gasteiger partial charge on any atom is -0.450 e. The molecule has 4 aliphatic rings. The predicted molar refractivity (Wildman–Crippen MR) is 68.8 cm³/mol. The van der Waals surface area contributed by atoms with Crippen molar-refractivity contribution in [1.29, 1.82) is 0 Å². The highest BCUT2D eigenvalue weighted by Crippen LogP contribution is 2.76. The zero-order valence-electron chi connectivity index (χ0n) is 12.4. The lowest BCUT2D eigenvalue weighted by molar-refractivity contribution is -0.229. The summed E-state index contributed by atoms with van der Waals surface area (Å²) in [4.78, 5) is 12.2. The van der Waals surface area contributed by atoms with Crippen LogP contribution < -0.4 is 0 Å². The van der Waals surface area contributed by atoms with Gasteiger partial charge in [-0.15, -0.1) is 0 Å². The normalized spacial score (nSPS) is 62.4. The van der Waals surface area contributed by atoms with E-state index in [1.54, 1.807) is 0 Å². The highest BCUT2D eigenvalue weighted by molar-refractivity contribution is 5.85. The van der Waals surface area contributed by atoms with E-state index in [4.69, 9.17) is 9.47 Å². The number of hydrogen-bond acceptors (Lipinski definition) is 5. The van der Waals surface area contributed by atoms with Crippen molar-refractivity contribution in [1.82, 2.24) is 0 Å². The van der Waals surface area contributed by atoms with Gasteiger partial charge < -0.3 is 19.7 Å². The Balaban J connectivity index is 1.96. The summed E-state index contributed by atoms with van der Waals surface area (Å²) in [7, 11) is 0. The number of carbonyl (C=O) groups excluding carboxylic acids is 1. The van der Waals surface area contributed by atoms with Gasteiger partial charge in [-0.25, -0.2) is 4.79 Å². The van der Waals surface area contributed by atoms with Crippen LogP contribution in [0.4, 0.5) is 0 Å². The third-order valence-corrected chi connectivity index (χ3v) is 6.50. The number of epoxide rings is 1. The van der Waals surface area contributed by atoms with Crippen LogP contribution in [0.1, 0.15) is 47.0 Å². The van der Waals surface area contributed by atoms with Gasteiger partial charge in [-0.05, 0) is 31.1 Å². The smallest absolute Gasteiger partial charge is 0.341 e. The number of esters is 1. The number of carbonyl (C=O) groups is 1. The van der Waals surface area contributed by atoms with Crippen LogP contribution in [0.15, 0.2) is 0 Å². The molecule has 0 amide bonds. The molecule has 0 unspecified atom stereocenters. The molecule has 5 nitrogen and oxygen atoms in total. The topological polar surface area (TPSA) is 79.3 Å². The molecule has 2 spiro atoms. The van der Waals surface area contributed by atoms with Gasteiger partial charge in [-0.1, -0.05) is 20.8 Å². The molecule has 4 rings (SSSR count). The van der Waals surface area contributed by atoms with Crippen molar-refractivity contribution in [2.75, 3.05) is 0 Å². The van der Waals surface area contributed by atoms with Crippen LogP contribution in [0.3, 0.4) is 0 Å². The average Bonchev–Trinajstić information content (AvgIpc) is 3.02. The summed E-state index contributed by atoms with van der Waals surface area (Å²) >= 11 is 0. The summed E-state index contributed by atoms with van der Waals surface area (Å²) in [5.74, 6) is -0.517. The van der Waals surface area contributed by atoms with Gasteiger partial charge >= 0.3 is 5.97 Å². The molecule has 2 aliphatic heterocycles. The maximum Gasteiger partial charge on any atom is 0.341 e. The van der Waals surface area contributed by atoms with Crippen LogP contribution >= 0.6 is 0 Å². The van der Waals surface area contributed by atoms with Crippen LogP contribution in [-0.2, 0) is 14.3 Å². The fraction of sp³-hybridized carbons (Fsp3) is 0.933. The predicted octanol–water partition coefficient (Wildman–Crippen LogP) is 0.761. The largest absolute Gasteiger partial charge is 0.450 e. The summed E-state index contributed by atoms with van der Waals surface area (Å²) in [6.45, 7) is 7.61. The number of hydrogen-bond donors (Lipinski definition) is 2. The van der Waals surface area contributed by atoms with Gasteiger partial charge in [-0.3, -0.25) is 0 Å². The summed E-state index contributed by atoms with van der Waals surface area (Å²) in [5.41, 5.74) is -5.33. The molecule has 2 aliphatic carbocycles. The van der Waals surface area contributed by atoms with E-state index in [1.807, 2.05) is 0 Å². The van der Waals surface area contributed by atoms with Crippen LogP contribution in [0.2, 0.25) is 0 Å². The molecule has 5 heteroatoms. The number of ether oxygens (including phenoxy) is 2. The zero-order chi connectivity index (χ0) is 14.8. The highest BCUT2D eigenvalue weighted by atomic mass is 16.7. The molecule has 4 fully saturated rings. The van der Waals surface area contributed by atoms with Crippen molar-refractivity contribution in [3.8, 4) is 0 Å². The number of rotatable bonds is 0. The monoisotopic (exact) mass is 282 g/mol. The summed E-state index contributed by atoms with van der Waals surface area (Å²) in [6, 6.07) is 0. The quantitative estimate of drug-likeness (QED) is 0.506. The Morgan fingerprint density at radius 1 is 1.25 bits per heavy atom. The Labute approximate surface area is 118 Å². The maximum absolute atomic E-state index is 12.2. The first kappa shape index (κ1) is 13.0. The molecule has 20 heavy (non-hydrogen) atoms. The summed E-state index contributed by atoms with van der Waals surface area (Å²) in [6.07, 6.45) is 1.60. The molecule has 2 saturated carbocycles. The summed E-state index contributed by atoms with van der Waals surface area (Å²) < 4.78 is 11.7. The maximum atomic E-state index is 12.2. The molecule has 2 heterocycles. The molecule has 2 saturated heterocycles. The lowest BCUT2D eigenvalue weighted by Gasteiger charge is -2.51. The third kappa shape index (κ3) is 0.937. The fourth-order valence-electron chi connectivity index (χ4n) is 5.43. The van der Waals surface area contributed by atoms with Gasteiger partial charge in [-0.2, -0.15) is 0 Å². The van der Waals surface area contributed by atoms with E-state index in [1.165, 1.54) is 6.92 Å². The molecule has 0 aromatic heterocycles. The average molecular weight is 282 g/mol. The van der Waals surface area contributed by atoms with E-state index >= 15 is 0 Å². The molecule has 0 radical (unpaired) electrons. The minimum absolute atomic E-state index is 0.0153. The molecule has 0 aromatic rings. The minimum atomic E-state index is -1.86. The van der Waals surface area contributed by atoms with E-state index in [-0.39, 0.29) is 17.4 Å². The Morgan fingerprint density at radius 2 is 1.90 bits per heavy atom. The van der Waals surface area contributed by atoms with Crippen LogP contribution in [0.5, 0.6) is 0 Å². The van der Waals surface area contributed by atoms with Gasteiger partial charge in [0.2, 0.25) is 0 Å². The lowest BCUT2D eigenvalue weighted by Crippen LogP contribution is -2.70. The Kier molecular flexibility index (Phi) is 1.92. The van der Waals surface area contributed by atoms with Crippen LogP contribution in [0, 0.1) is 11.3 Å². The molecule has 0 bridgehead atoms. The zero-order valence-corrected chi connectivity index (χ0v) is 12.4. The van der Waals surface area contributed by atoms with Crippen molar-refractivity contribution < 1.29 is 24.5 Å². The molecule has 112 valence electrons. The Morgan fingerprint density at radius 3 is 2.50 bits per heavy atom. The van der Waals surface area contributed by atoms with E-state index in [0.717, 1.165) is 6.42 Å². The molecular weight excluding hydrogens is 260 g/mol. The molecule has 6 atom stereocenters. The number of aliphatic hydroxyl groups is 2. The molecule has 2 N–H and O–H groups in total. The lowest BCUT2D eigenvalue weighted by atomic mass is 9.58. The van der Waals surface area contributed by atoms with Crippen molar-refractivity contribution >= 4 is 5.97 Å². The second-order valence-electron chi connectivity index (χ2n) is 8.05. The van der Waals surface area contributed by atoms with E-state index < -0.39 is 28.4 Å². The van der Waals surface area contributed by atoms with E-state index in [0.29, 0.717) is 12.8 Å². The standard InChI is InChI=1S/C15H22O5/c1-8-5-6-13(18)12(4,17)10(16)20-14(13)7-11(2,3)9-15(8,14)19-9/h8-9,17-18H,5-7H2,1-4H3/t8-,9-,12+,13+,14+,15-/m1/s1. The SMILES string of the molecule is C[C@@H]1CC[C@@]2(O)[C@]3(CC(C)(C)[C@H]4O[C@]143)OC(=O)[C@]2(C)O. The van der Waals surface area contributed by atoms with Gasteiger partial charge in [0.05, 0.1) is 6.10 Å². The van der Waals surface area contributed by atoms with Crippen molar-refractivity contribution in [2.24, 2.45) is 11.3 Å². The summed E-state index contributed by atoms with van der Waals surface area (Å²) in [5, 5.41) is 21.8. The highest BCUT2D eigenvalue weighted by Gasteiger charge is 2.93. The molecular formula is C15H22O5. The van der Waals surface area contributed by atoms with Gasteiger partial charge in [0.15, 0.2) is 11.2 Å². The van der Waals surface area contributed by atoms with Gasteiger partial charge in [0.25, 0.3) is 0 Å². The first-order valence-corrected chi connectivity index (χ1v) is 7.41. The Bertz CT molecular complexity index is 526. The van der Waals surface area contributed by atoms with Crippen molar-refractivity contribution in [2.45, 2.75) is 75.5 Å². The van der Waals surface area contributed by atoms with Crippen LogP contribution in [0.25, 0.3) is 0 Å². The second kappa shape index (κ2) is 2.94. The van der Waals surface area contributed by atoms with E-state index in [9.17, 15) is 15.0 Å². The first-order chi connectivity index (χ1) is 9.05. The fourth-order valence-corrected chi connectivity index (χ4v) is 5.43. The van der Waals surface area contributed by atoms with Gasteiger partial charge in [0, 0.05) is 6.42 Å². The third-order valence-electron chi connectivity index (χ3n) is 6.50. The second-order valence-corrected chi connectivity index (χ2v) is 8.05. The van der Waals surface area contributed by atoms with Crippen LogP contribution in [-0.4, -0.2) is 44.7 Å². The molecule has 0 aromatic carbocycles. The van der Waals surface area contributed by atoms with Crippen molar-refractivity contribution in [3.63, 3.8) is 0 Å². The Hall–Kier alpha value is -0.650. The van der Waals surface area contributed by atoms with Gasteiger partial charge in [0.1, 0.15) is 11.2 Å². The van der Waals surface area contributed by atoms with E-state index in [2.05, 4.69) is 20.8 Å². The van der Waals surface area contributed by atoms with Crippen molar-refractivity contribution in [3.05, 3.63) is 0 Å².